The summed E-state index contributed by atoms with van der Waals surface area (Å²) in [5.74, 6) is -0.772. The standard InChI is InChI=1S/C15H21FN2O3S/c1-22(20,21)18-10-4-6-13(11-18)15(19)17-9-8-12-5-2-3-7-14(12)16/h2-3,5,7,13H,4,6,8-11H2,1H3,(H,17,19)/t13-/m1/s1. The Morgan fingerprint density at radius 1 is 1.41 bits per heavy atom. The van der Waals surface area contributed by atoms with E-state index < -0.39 is 10.0 Å². The SMILES string of the molecule is CS(=O)(=O)N1CCC[C@@H](C(=O)NCCc2ccccc2F)C1. The highest BCUT2D eigenvalue weighted by Gasteiger charge is 2.29. The van der Waals surface area contributed by atoms with Gasteiger partial charge in [0.1, 0.15) is 5.82 Å². The lowest BCUT2D eigenvalue weighted by atomic mass is 9.99. The molecule has 22 heavy (non-hydrogen) atoms. The molecule has 122 valence electrons. The van der Waals surface area contributed by atoms with Crippen LogP contribution in [0.4, 0.5) is 4.39 Å². The zero-order valence-corrected chi connectivity index (χ0v) is 13.4. The van der Waals surface area contributed by atoms with Crippen LogP contribution in [-0.2, 0) is 21.2 Å². The molecule has 1 saturated heterocycles. The summed E-state index contributed by atoms with van der Waals surface area (Å²) in [5, 5.41) is 2.77. The van der Waals surface area contributed by atoms with E-state index in [0.29, 0.717) is 37.9 Å². The van der Waals surface area contributed by atoms with Gasteiger partial charge in [0.05, 0.1) is 12.2 Å². The molecular weight excluding hydrogens is 307 g/mol. The van der Waals surface area contributed by atoms with Gasteiger partial charge in [-0.15, -0.1) is 0 Å². The summed E-state index contributed by atoms with van der Waals surface area (Å²) in [6.45, 7) is 1.04. The van der Waals surface area contributed by atoms with E-state index in [2.05, 4.69) is 5.32 Å². The first kappa shape index (κ1) is 16.9. The number of nitrogens with zero attached hydrogens (tertiary/aromatic N) is 1. The van der Waals surface area contributed by atoms with Gasteiger partial charge in [0.25, 0.3) is 0 Å². The number of benzene rings is 1. The van der Waals surface area contributed by atoms with Crippen molar-refractivity contribution in [2.24, 2.45) is 5.92 Å². The van der Waals surface area contributed by atoms with Gasteiger partial charge >= 0.3 is 0 Å². The van der Waals surface area contributed by atoms with Crippen LogP contribution in [0.1, 0.15) is 18.4 Å². The summed E-state index contributed by atoms with van der Waals surface area (Å²) in [6.07, 6.45) is 2.93. The number of carbonyl (C=O) groups excluding carboxylic acids is 1. The number of hydrogen-bond acceptors (Lipinski definition) is 3. The Balaban J connectivity index is 1.83. The first-order valence-electron chi connectivity index (χ1n) is 7.34. The van der Waals surface area contributed by atoms with Gasteiger partial charge in [-0.2, -0.15) is 0 Å². The molecule has 1 aliphatic rings. The Hall–Kier alpha value is -1.47. The van der Waals surface area contributed by atoms with Gasteiger partial charge in [0, 0.05) is 19.6 Å². The highest BCUT2D eigenvalue weighted by atomic mass is 32.2. The third-order valence-corrected chi connectivity index (χ3v) is 5.15. The fourth-order valence-corrected chi connectivity index (χ4v) is 3.53. The summed E-state index contributed by atoms with van der Waals surface area (Å²) in [5.41, 5.74) is 0.559. The van der Waals surface area contributed by atoms with Gasteiger partial charge in [0.2, 0.25) is 15.9 Å². The highest BCUT2D eigenvalue weighted by Crippen LogP contribution is 2.18. The summed E-state index contributed by atoms with van der Waals surface area (Å²) >= 11 is 0. The molecule has 0 radical (unpaired) electrons. The third kappa shape index (κ3) is 4.51. The molecule has 2 rings (SSSR count). The molecule has 0 aromatic heterocycles. The molecular formula is C15H21FN2O3S. The van der Waals surface area contributed by atoms with E-state index in [4.69, 9.17) is 0 Å². The molecule has 1 aromatic carbocycles. The maximum Gasteiger partial charge on any atom is 0.224 e. The van der Waals surface area contributed by atoms with Crippen molar-refractivity contribution in [3.8, 4) is 0 Å². The molecule has 1 aromatic rings. The average Bonchev–Trinajstić information content (AvgIpc) is 2.48. The lowest BCUT2D eigenvalue weighted by Crippen LogP contribution is -2.45. The van der Waals surface area contributed by atoms with Crippen molar-refractivity contribution >= 4 is 15.9 Å². The van der Waals surface area contributed by atoms with Gasteiger partial charge in [-0.25, -0.2) is 17.1 Å². The van der Waals surface area contributed by atoms with Crippen molar-refractivity contribution in [1.82, 2.24) is 9.62 Å². The molecule has 1 heterocycles. The second-order valence-corrected chi connectivity index (χ2v) is 7.58. The zero-order chi connectivity index (χ0) is 16.2. The van der Waals surface area contributed by atoms with E-state index in [1.54, 1.807) is 18.2 Å². The van der Waals surface area contributed by atoms with Crippen LogP contribution in [0.3, 0.4) is 0 Å². The fraction of sp³-hybridized carbons (Fsp3) is 0.533. The second kappa shape index (κ2) is 7.19. The van der Waals surface area contributed by atoms with E-state index in [-0.39, 0.29) is 24.2 Å². The lowest BCUT2D eigenvalue weighted by Gasteiger charge is -2.30. The molecule has 1 amide bonds. The zero-order valence-electron chi connectivity index (χ0n) is 12.6. The van der Waals surface area contributed by atoms with E-state index in [0.717, 1.165) is 6.26 Å². The van der Waals surface area contributed by atoms with Gasteiger partial charge in [0.15, 0.2) is 0 Å². The van der Waals surface area contributed by atoms with Crippen LogP contribution >= 0.6 is 0 Å². The molecule has 0 unspecified atom stereocenters. The van der Waals surface area contributed by atoms with Crippen molar-refractivity contribution in [2.75, 3.05) is 25.9 Å². The minimum atomic E-state index is -3.26. The third-order valence-electron chi connectivity index (χ3n) is 3.88. The normalized spacial score (nSPS) is 19.8. The quantitative estimate of drug-likeness (QED) is 0.882. The molecule has 5 nitrogen and oxygen atoms in total. The molecule has 0 saturated carbocycles. The minimum absolute atomic E-state index is 0.162. The molecule has 7 heteroatoms. The Labute approximate surface area is 130 Å². The second-order valence-electron chi connectivity index (χ2n) is 5.59. The molecule has 1 atom stereocenters. The van der Waals surface area contributed by atoms with Crippen LogP contribution in [-0.4, -0.2) is 44.5 Å². The van der Waals surface area contributed by atoms with Crippen LogP contribution in [0.15, 0.2) is 24.3 Å². The first-order valence-corrected chi connectivity index (χ1v) is 9.19. The van der Waals surface area contributed by atoms with Gasteiger partial charge in [-0.3, -0.25) is 4.79 Å². The van der Waals surface area contributed by atoms with Crippen molar-refractivity contribution in [3.05, 3.63) is 35.6 Å². The van der Waals surface area contributed by atoms with Crippen LogP contribution < -0.4 is 5.32 Å². The Kier molecular flexibility index (Phi) is 5.52. The Morgan fingerprint density at radius 3 is 2.82 bits per heavy atom. The number of halogens is 1. The van der Waals surface area contributed by atoms with E-state index in [1.165, 1.54) is 10.4 Å². The molecule has 1 fully saturated rings. The molecule has 0 aliphatic carbocycles. The van der Waals surface area contributed by atoms with Gasteiger partial charge in [-0.05, 0) is 30.9 Å². The summed E-state index contributed by atoms with van der Waals surface area (Å²) in [4.78, 5) is 12.1. The largest absolute Gasteiger partial charge is 0.355 e. The van der Waals surface area contributed by atoms with Gasteiger partial charge in [-0.1, -0.05) is 18.2 Å². The Bertz CT molecular complexity index is 633. The van der Waals surface area contributed by atoms with Crippen molar-refractivity contribution in [3.63, 3.8) is 0 Å². The van der Waals surface area contributed by atoms with Crippen LogP contribution in [0, 0.1) is 11.7 Å². The van der Waals surface area contributed by atoms with Crippen molar-refractivity contribution in [2.45, 2.75) is 19.3 Å². The fourth-order valence-electron chi connectivity index (χ4n) is 2.62. The van der Waals surface area contributed by atoms with Crippen LogP contribution in [0.25, 0.3) is 0 Å². The van der Waals surface area contributed by atoms with Crippen molar-refractivity contribution < 1.29 is 17.6 Å². The summed E-state index contributed by atoms with van der Waals surface area (Å²) in [6, 6.07) is 6.46. The van der Waals surface area contributed by atoms with Crippen molar-refractivity contribution in [1.29, 1.82) is 0 Å². The monoisotopic (exact) mass is 328 g/mol. The maximum atomic E-state index is 13.5. The number of nitrogens with one attached hydrogen (secondary N) is 1. The van der Waals surface area contributed by atoms with Crippen LogP contribution in [0.5, 0.6) is 0 Å². The number of amides is 1. The summed E-state index contributed by atoms with van der Waals surface area (Å²) < 4.78 is 37.9. The minimum Gasteiger partial charge on any atom is -0.355 e. The average molecular weight is 328 g/mol. The predicted molar refractivity (Wildman–Crippen MR) is 82.3 cm³/mol. The number of sulfonamides is 1. The molecule has 0 spiro atoms. The van der Waals surface area contributed by atoms with E-state index in [9.17, 15) is 17.6 Å². The number of carbonyl (C=O) groups is 1. The topological polar surface area (TPSA) is 66.5 Å². The van der Waals surface area contributed by atoms with E-state index >= 15 is 0 Å². The number of hydrogen-bond donors (Lipinski definition) is 1. The lowest BCUT2D eigenvalue weighted by molar-refractivity contribution is -0.126. The van der Waals surface area contributed by atoms with Crippen LogP contribution in [0.2, 0.25) is 0 Å². The smallest absolute Gasteiger partial charge is 0.224 e. The number of piperidine rings is 1. The van der Waals surface area contributed by atoms with Gasteiger partial charge < -0.3 is 5.32 Å². The maximum absolute atomic E-state index is 13.5. The molecule has 1 N–H and O–H groups in total. The summed E-state index contributed by atoms with van der Waals surface area (Å²) in [7, 11) is -3.26. The molecule has 0 bridgehead atoms. The molecule has 1 aliphatic heterocycles. The highest BCUT2D eigenvalue weighted by molar-refractivity contribution is 7.88. The Morgan fingerprint density at radius 2 is 2.14 bits per heavy atom. The predicted octanol–water partition coefficient (Wildman–Crippen LogP) is 1.16. The van der Waals surface area contributed by atoms with E-state index in [1.807, 2.05) is 0 Å². The number of rotatable bonds is 5. The first-order chi connectivity index (χ1) is 10.4.